The molecule has 14 heteroatoms. The molecule has 1 fully saturated rings. The maximum atomic E-state index is 14.9. The fraction of sp³-hybridized carbons (Fsp3) is 0.308. The van der Waals surface area contributed by atoms with Gasteiger partial charge in [-0.15, -0.1) is 0 Å². The average molecular weight is 567 g/mol. The lowest BCUT2D eigenvalue weighted by Gasteiger charge is -2.14. The number of oxazole rings is 1. The molecule has 0 unspecified atom stereocenters. The molecule has 1 atom stereocenters. The number of benzene rings is 2. The molecular formula is C26H25F4N3O7. The largest absolute Gasteiger partial charge is 0.490 e. The Labute approximate surface area is 225 Å². The van der Waals surface area contributed by atoms with E-state index >= 15 is 0 Å². The molecule has 0 saturated carbocycles. The normalized spacial score (nSPS) is 14.8. The standard InChI is InChI=1S/C24H24FN3O5.C2HF3O2/c1-14-15(2)32-23(27-14)17-5-3-16(4-6-17)20-8-7-18(11-21(20)25)28-13-19(33-24(28)30)9-10-31-22(29)12-26;3-2(4,5)1(6)7/h3-8,11,19H,9-10,12-13,26H2,1-2H3;(H,6,7)/t19-;/m1./s1. The maximum absolute atomic E-state index is 14.9. The molecule has 1 aromatic heterocycles. The van der Waals surface area contributed by atoms with Crippen LogP contribution in [0.2, 0.25) is 0 Å². The number of aliphatic carboxylic acids is 1. The minimum Gasteiger partial charge on any atom is -0.475 e. The summed E-state index contributed by atoms with van der Waals surface area (Å²) in [5.41, 5.74) is 8.30. The van der Waals surface area contributed by atoms with Crippen molar-refractivity contribution >= 4 is 23.7 Å². The van der Waals surface area contributed by atoms with Crippen LogP contribution in [0.5, 0.6) is 0 Å². The van der Waals surface area contributed by atoms with Crippen LogP contribution in [-0.2, 0) is 19.1 Å². The number of hydrogen-bond acceptors (Lipinski definition) is 8. The van der Waals surface area contributed by atoms with Gasteiger partial charge in [-0.25, -0.2) is 19.0 Å². The number of nitrogens with two attached hydrogens (primary N) is 1. The number of carbonyl (C=O) groups excluding carboxylic acids is 2. The Balaban J connectivity index is 0.000000559. The number of alkyl halides is 3. The van der Waals surface area contributed by atoms with E-state index in [0.717, 1.165) is 17.0 Å². The second-order valence-corrected chi connectivity index (χ2v) is 8.53. The number of rotatable bonds is 7. The Kier molecular flexibility index (Phi) is 9.47. The lowest BCUT2D eigenvalue weighted by atomic mass is 10.0. The summed E-state index contributed by atoms with van der Waals surface area (Å²) < 4.78 is 62.5. The summed E-state index contributed by atoms with van der Waals surface area (Å²) in [6.07, 6.45) is -5.77. The Morgan fingerprint density at radius 1 is 1.15 bits per heavy atom. The number of aryl methyl sites for hydroxylation is 2. The molecule has 1 saturated heterocycles. The molecule has 2 heterocycles. The number of aromatic nitrogens is 1. The van der Waals surface area contributed by atoms with Gasteiger partial charge in [0.05, 0.1) is 31.1 Å². The van der Waals surface area contributed by atoms with Crippen LogP contribution < -0.4 is 10.6 Å². The van der Waals surface area contributed by atoms with Gasteiger partial charge in [0.1, 0.15) is 17.7 Å². The van der Waals surface area contributed by atoms with Crippen molar-refractivity contribution in [3.63, 3.8) is 0 Å². The monoisotopic (exact) mass is 567 g/mol. The van der Waals surface area contributed by atoms with Gasteiger partial charge in [-0.2, -0.15) is 13.2 Å². The fourth-order valence-electron chi connectivity index (χ4n) is 3.54. The lowest BCUT2D eigenvalue weighted by Crippen LogP contribution is -2.25. The number of carboxylic acid groups (broad SMARTS) is 1. The molecule has 3 aromatic rings. The number of esters is 1. The summed E-state index contributed by atoms with van der Waals surface area (Å²) in [6, 6.07) is 11.9. The summed E-state index contributed by atoms with van der Waals surface area (Å²) >= 11 is 0. The molecule has 10 nitrogen and oxygen atoms in total. The fourth-order valence-corrected chi connectivity index (χ4v) is 3.54. The minimum absolute atomic E-state index is 0.0950. The van der Waals surface area contributed by atoms with E-state index in [9.17, 15) is 27.2 Å². The summed E-state index contributed by atoms with van der Waals surface area (Å²) in [7, 11) is 0. The van der Waals surface area contributed by atoms with E-state index in [2.05, 4.69) is 4.98 Å². The van der Waals surface area contributed by atoms with Gasteiger partial charge in [-0.05, 0) is 49.7 Å². The first kappa shape index (κ1) is 30.1. The highest BCUT2D eigenvalue weighted by atomic mass is 19.4. The first-order valence-electron chi connectivity index (χ1n) is 11.8. The molecule has 4 rings (SSSR count). The van der Waals surface area contributed by atoms with Crippen molar-refractivity contribution < 1.29 is 50.9 Å². The third kappa shape index (κ3) is 7.56. The van der Waals surface area contributed by atoms with Crippen molar-refractivity contribution in [1.82, 2.24) is 4.98 Å². The zero-order valence-corrected chi connectivity index (χ0v) is 21.3. The quantitative estimate of drug-likeness (QED) is 0.309. The molecule has 2 aromatic carbocycles. The summed E-state index contributed by atoms with van der Waals surface area (Å²) in [5.74, 6) is -2.46. The first-order chi connectivity index (χ1) is 18.8. The van der Waals surface area contributed by atoms with Crippen LogP contribution in [0.15, 0.2) is 46.9 Å². The topological polar surface area (TPSA) is 145 Å². The Hall–Kier alpha value is -4.46. The number of nitrogens with zero attached hydrogens (tertiary/aromatic N) is 2. The van der Waals surface area contributed by atoms with E-state index in [-0.39, 0.29) is 19.7 Å². The average Bonchev–Trinajstić information content (AvgIpc) is 3.44. The number of hydrogen-bond donors (Lipinski definition) is 2. The molecule has 214 valence electrons. The number of carbonyl (C=O) groups is 3. The predicted octanol–water partition coefficient (Wildman–Crippen LogP) is 4.62. The highest BCUT2D eigenvalue weighted by Gasteiger charge is 2.38. The van der Waals surface area contributed by atoms with Gasteiger partial charge in [0, 0.05) is 17.5 Å². The van der Waals surface area contributed by atoms with Crippen molar-refractivity contribution in [3.8, 4) is 22.6 Å². The third-order valence-electron chi connectivity index (χ3n) is 5.72. The van der Waals surface area contributed by atoms with Gasteiger partial charge < -0.3 is 24.7 Å². The molecule has 40 heavy (non-hydrogen) atoms. The zero-order valence-electron chi connectivity index (χ0n) is 21.3. The van der Waals surface area contributed by atoms with Crippen LogP contribution in [0.3, 0.4) is 0 Å². The van der Waals surface area contributed by atoms with Gasteiger partial charge in [-0.1, -0.05) is 12.1 Å². The first-order valence-corrected chi connectivity index (χ1v) is 11.8. The van der Waals surface area contributed by atoms with E-state index in [1.807, 2.05) is 26.0 Å². The number of halogens is 4. The van der Waals surface area contributed by atoms with Crippen LogP contribution in [0.25, 0.3) is 22.6 Å². The van der Waals surface area contributed by atoms with Crippen LogP contribution >= 0.6 is 0 Å². The highest BCUT2D eigenvalue weighted by molar-refractivity contribution is 5.90. The van der Waals surface area contributed by atoms with Crippen LogP contribution in [0.1, 0.15) is 17.9 Å². The molecule has 0 radical (unpaired) electrons. The predicted molar refractivity (Wildman–Crippen MR) is 133 cm³/mol. The maximum Gasteiger partial charge on any atom is 0.490 e. The van der Waals surface area contributed by atoms with Crippen molar-refractivity contribution in [2.24, 2.45) is 5.73 Å². The van der Waals surface area contributed by atoms with Crippen molar-refractivity contribution in [1.29, 1.82) is 0 Å². The number of anilines is 1. The highest BCUT2D eigenvalue weighted by Crippen LogP contribution is 2.31. The second kappa shape index (κ2) is 12.6. The molecule has 1 aliphatic rings. The SMILES string of the molecule is Cc1nc(-c2ccc(-c3ccc(N4C[C@@H](CCOC(=O)CN)OC4=O)cc3F)cc2)oc1C.O=C(O)C(F)(F)F. The molecular weight excluding hydrogens is 542 g/mol. The summed E-state index contributed by atoms with van der Waals surface area (Å²) in [5, 5.41) is 7.12. The van der Waals surface area contributed by atoms with Gasteiger partial charge in [0.15, 0.2) is 0 Å². The number of cyclic esters (lactones) is 1. The Morgan fingerprint density at radius 3 is 2.30 bits per heavy atom. The molecule has 0 bridgehead atoms. The van der Waals surface area contributed by atoms with Crippen molar-refractivity contribution in [3.05, 3.63) is 59.7 Å². The van der Waals surface area contributed by atoms with E-state index in [0.29, 0.717) is 29.1 Å². The van der Waals surface area contributed by atoms with Crippen LogP contribution in [0, 0.1) is 19.7 Å². The van der Waals surface area contributed by atoms with E-state index < -0.39 is 36.1 Å². The van der Waals surface area contributed by atoms with Crippen molar-refractivity contribution in [2.75, 3.05) is 24.6 Å². The minimum atomic E-state index is -5.08. The van der Waals surface area contributed by atoms with Crippen molar-refractivity contribution in [2.45, 2.75) is 32.5 Å². The number of ether oxygens (including phenoxy) is 2. The smallest absolute Gasteiger partial charge is 0.475 e. The van der Waals surface area contributed by atoms with Crippen LogP contribution in [-0.4, -0.2) is 60.1 Å². The molecule has 1 aliphatic heterocycles. The Bertz CT molecular complexity index is 1350. The van der Waals surface area contributed by atoms with Crippen LogP contribution in [0.4, 0.5) is 28.0 Å². The van der Waals surface area contributed by atoms with Gasteiger partial charge >= 0.3 is 24.2 Å². The lowest BCUT2D eigenvalue weighted by molar-refractivity contribution is -0.192. The van der Waals surface area contributed by atoms with Gasteiger partial charge in [0.25, 0.3) is 0 Å². The number of amides is 1. The molecule has 1 amide bonds. The second-order valence-electron chi connectivity index (χ2n) is 8.53. The molecule has 0 aliphatic carbocycles. The summed E-state index contributed by atoms with van der Waals surface area (Å²) in [4.78, 5) is 38.0. The number of carboxylic acids is 1. The summed E-state index contributed by atoms with van der Waals surface area (Å²) in [6.45, 7) is 3.86. The Morgan fingerprint density at radius 2 is 1.77 bits per heavy atom. The molecule has 0 spiro atoms. The van der Waals surface area contributed by atoms with Gasteiger partial charge in [0.2, 0.25) is 5.89 Å². The van der Waals surface area contributed by atoms with Gasteiger partial charge in [-0.3, -0.25) is 9.69 Å². The van der Waals surface area contributed by atoms with E-state index in [1.54, 1.807) is 24.3 Å². The third-order valence-corrected chi connectivity index (χ3v) is 5.72. The molecule has 3 N–H and O–H groups in total. The van der Waals surface area contributed by atoms with E-state index in [4.69, 9.17) is 29.5 Å². The zero-order chi connectivity index (χ0) is 29.6. The van der Waals surface area contributed by atoms with E-state index in [1.165, 1.54) is 11.0 Å².